The molecule has 0 unspecified atom stereocenters. The van der Waals surface area contributed by atoms with E-state index in [4.69, 9.17) is 21.8 Å². The molecule has 13 heteroatoms. The molecular formula is C22H32FN7O4S. The Hall–Kier alpha value is -2.74. The molecule has 0 saturated carbocycles. The third-order valence-corrected chi connectivity index (χ3v) is 6.50. The van der Waals surface area contributed by atoms with Crippen molar-refractivity contribution in [3.8, 4) is 0 Å². The predicted octanol–water partition coefficient (Wildman–Crippen LogP) is 0.378. The second-order valence-electron chi connectivity index (χ2n) is 8.82. The molecule has 3 heterocycles. The molecule has 3 saturated heterocycles. The molecule has 1 atom stereocenters. The first-order valence-electron chi connectivity index (χ1n) is 11.7. The first-order chi connectivity index (χ1) is 16.8. The van der Waals surface area contributed by atoms with E-state index in [2.05, 4.69) is 27.7 Å². The molecule has 0 spiro atoms. The maximum Gasteiger partial charge on any atom is 0.414 e. The maximum atomic E-state index is 15.1. The van der Waals surface area contributed by atoms with Crippen LogP contribution in [0.15, 0.2) is 18.2 Å². The van der Waals surface area contributed by atoms with E-state index in [1.807, 2.05) is 4.90 Å². The Morgan fingerprint density at radius 2 is 1.94 bits per heavy atom. The number of amides is 2. The fraction of sp³-hybridized carbons (Fsp3) is 0.591. The molecule has 3 aliphatic rings. The number of hydrazine groups is 1. The van der Waals surface area contributed by atoms with Gasteiger partial charge in [-0.05, 0) is 37.5 Å². The predicted molar refractivity (Wildman–Crippen MR) is 132 cm³/mol. The van der Waals surface area contributed by atoms with Crippen molar-refractivity contribution in [2.24, 2.45) is 0 Å². The van der Waals surface area contributed by atoms with Crippen LogP contribution >= 0.6 is 12.2 Å². The Morgan fingerprint density at radius 1 is 1.17 bits per heavy atom. The minimum atomic E-state index is -0.562. The van der Waals surface area contributed by atoms with Crippen molar-refractivity contribution in [3.05, 3.63) is 24.0 Å². The van der Waals surface area contributed by atoms with E-state index in [0.29, 0.717) is 42.7 Å². The lowest BCUT2D eigenvalue weighted by molar-refractivity contribution is -0.119. The lowest BCUT2D eigenvalue weighted by atomic mass is 10.2. The molecule has 2 amide bonds. The van der Waals surface area contributed by atoms with Crippen LogP contribution < -0.4 is 20.5 Å². The second-order valence-corrected chi connectivity index (χ2v) is 9.21. The van der Waals surface area contributed by atoms with Crippen LogP contribution in [0.2, 0.25) is 0 Å². The molecule has 11 nitrogen and oxygen atoms in total. The molecule has 4 rings (SSSR count). The SMILES string of the molecule is CC(=O)NC[C@H]1CN(c2ccc(N3CCON(C(=S)NN4CCN(C)CC4)CC3)c(F)c2)C(=O)O1. The lowest BCUT2D eigenvalue weighted by Crippen LogP contribution is -2.55. The zero-order valence-electron chi connectivity index (χ0n) is 20.0. The molecule has 0 bridgehead atoms. The number of hydrogen-bond donors (Lipinski definition) is 2. The van der Waals surface area contributed by atoms with Crippen LogP contribution in [-0.4, -0.2) is 111 Å². The fourth-order valence-corrected chi connectivity index (χ4v) is 4.45. The van der Waals surface area contributed by atoms with Crippen molar-refractivity contribution in [1.29, 1.82) is 0 Å². The van der Waals surface area contributed by atoms with Gasteiger partial charge in [0.25, 0.3) is 0 Å². The summed E-state index contributed by atoms with van der Waals surface area (Å²) in [4.78, 5) is 34.7. The summed E-state index contributed by atoms with van der Waals surface area (Å²) in [6, 6.07) is 4.69. The fourth-order valence-electron chi connectivity index (χ4n) is 4.18. The first-order valence-corrected chi connectivity index (χ1v) is 12.1. The average Bonchev–Trinajstić information content (AvgIpc) is 3.03. The molecule has 35 heavy (non-hydrogen) atoms. The topological polar surface area (TPSA) is 92.9 Å². The van der Waals surface area contributed by atoms with Gasteiger partial charge >= 0.3 is 6.09 Å². The van der Waals surface area contributed by atoms with Crippen molar-refractivity contribution in [3.63, 3.8) is 0 Å². The number of likely N-dealkylation sites (N-methyl/N-ethyl adjacent to an activating group) is 1. The van der Waals surface area contributed by atoms with Crippen LogP contribution in [0.5, 0.6) is 0 Å². The highest BCUT2D eigenvalue weighted by atomic mass is 32.1. The van der Waals surface area contributed by atoms with E-state index in [-0.39, 0.29) is 19.0 Å². The van der Waals surface area contributed by atoms with E-state index in [0.717, 1.165) is 26.2 Å². The number of carbonyl (C=O) groups is 2. The molecule has 0 aliphatic carbocycles. The number of benzene rings is 1. The number of carbonyl (C=O) groups excluding carboxylic acids is 2. The zero-order valence-corrected chi connectivity index (χ0v) is 20.9. The zero-order chi connectivity index (χ0) is 24.9. The number of thiocarbonyl (C=S) groups is 1. The number of anilines is 2. The van der Waals surface area contributed by atoms with E-state index < -0.39 is 18.0 Å². The number of ether oxygens (including phenoxy) is 1. The van der Waals surface area contributed by atoms with Crippen molar-refractivity contribution < 1.29 is 23.6 Å². The van der Waals surface area contributed by atoms with Gasteiger partial charge in [-0.15, -0.1) is 0 Å². The molecule has 3 fully saturated rings. The molecule has 2 N–H and O–H groups in total. The minimum Gasteiger partial charge on any atom is -0.442 e. The van der Waals surface area contributed by atoms with Gasteiger partial charge in [0.05, 0.1) is 37.6 Å². The number of halogens is 1. The number of cyclic esters (lactones) is 1. The largest absolute Gasteiger partial charge is 0.442 e. The van der Waals surface area contributed by atoms with Gasteiger partial charge in [0.2, 0.25) is 11.0 Å². The molecular weight excluding hydrogens is 477 g/mol. The number of nitrogens with zero attached hydrogens (tertiary/aromatic N) is 5. The summed E-state index contributed by atoms with van der Waals surface area (Å²) in [6.45, 7) is 7.36. The highest BCUT2D eigenvalue weighted by Gasteiger charge is 2.33. The van der Waals surface area contributed by atoms with Crippen molar-refractivity contribution in [1.82, 2.24) is 25.7 Å². The highest BCUT2D eigenvalue weighted by molar-refractivity contribution is 7.80. The second kappa shape index (κ2) is 11.3. The van der Waals surface area contributed by atoms with Gasteiger partial charge in [-0.3, -0.25) is 20.0 Å². The van der Waals surface area contributed by atoms with Gasteiger partial charge in [0.15, 0.2) is 0 Å². The smallest absolute Gasteiger partial charge is 0.414 e. The summed E-state index contributed by atoms with van der Waals surface area (Å²) in [7, 11) is 2.09. The molecule has 0 radical (unpaired) electrons. The molecule has 1 aromatic carbocycles. The van der Waals surface area contributed by atoms with Crippen LogP contribution in [0.25, 0.3) is 0 Å². The number of piperazine rings is 1. The number of nitrogens with one attached hydrogen (secondary N) is 2. The van der Waals surface area contributed by atoms with E-state index >= 15 is 4.39 Å². The van der Waals surface area contributed by atoms with E-state index in [1.165, 1.54) is 17.9 Å². The number of rotatable bonds is 5. The first kappa shape index (κ1) is 25.4. The van der Waals surface area contributed by atoms with Gasteiger partial charge in [0.1, 0.15) is 11.9 Å². The monoisotopic (exact) mass is 509 g/mol. The molecule has 1 aromatic rings. The molecule has 0 aromatic heterocycles. The van der Waals surface area contributed by atoms with Crippen LogP contribution in [-0.2, 0) is 14.4 Å². The van der Waals surface area contributed by atoms with Gasteiger partial charge in [0, 0.05) is 46.2 Å². The van der Waals surface area contributed by atoms with Gasteiger partial charge in [-0.25, -0.2) is 19.3 Å². The standard InChI is InChI=1S/C22H32FN7O4S/c1-16(31)24-14-18-15-29(22(32)34-18)17-3-4-20(19(23)13-17)27-7-10-30(33-12-11-27)21(35)25-28-8-5-26(2)6-9-28/h3-4,13,18H,5-12,14-15H2,1-2H3,(H,24,31)(H,25,35)/t18-/m0/s1. The summed E-state index contributed by atoms with van der Waals surface area (Å²) in [5, 5.41) is 6.85. The lowest BCUT2D eigenvalue weighted by Gasteiger charge is -2.34. The summed E-state index contributed by atoms with van der Waals surface area (Å²) in [5.74, 6) is -0.641. The van der Waals surface area contributed by atoms with Crippen LogP contribution in [0.3, 0.4) is 0 Å². The van der Waals surface area contributed by atoms with Crippen molar-refractivity contribution >= 4 is 40.7 Å². The Labute approximate surface area is 209 Å². The Kier molecular flexibility index (Phi) is 8.21. The minimum absolute atomic E-state index is 0.203. The average molecular weight is 510 g/mol. The highest BCUT2D eigenvalue weighted by Crippen LogP contribution is 2.28. The quantitative estimate of drug-likeness (QED) is 0.543. The van der Waals surface area contributed by atoms with Crippen LogP contribution in [0.4, 0.5) is 20.6 Å². The van der Waals surface area contributed by atoms with Gasteiger partial charge in [-0.1, -0.05) is 0 Å². The van der Waals surface area contributed by atoms with Crippen LogP contribution in [0, 0.1) is 5.82 Å². The summed E-state index contributed by atoms with van der Waals surface area (Å²) >= 11 is 5.53. The Morgan fingerprint density at radius 3 is 2.66 bits per heavy atom. The van der Waals surface area contributed by atoms with Crippen LogP contribution in [0.1, 0.15) is 6.92 Å². The van der Waals surface area contributed by atoms with Crippen molar-refractivity contribution in [2.45, 2.75) is 13.0 Å². The van der Waals surface area contributed by atoms with Gasteiger partial charge < -0.3 is 19.9 Å². The Bertz CT molecular complexity index is 946. The summed E-state index contributed by atoms with van der Waals surface area (Å²) in [6.07, 6.45) is -1.04. The van der Waals surface area contributed by atoms with Gasteiger partial charge in [-0.2, -0.15) is 0 Å². The Balaban J connectivity index is 1.33. The molecule has 3 aliphatic heterocycles. The third kappa shape index (κ3) is 6.48. The van der Waals surface area contributed by atoms with E-state index in [9.17, 15) is 9.59 Å². The normalized spacial score (nSPS) is 22.1. The number of hydrogen-bond acceptors (Lipinski definition) is 8. The van der Waals surface area contributed by atoms with Crippen molar-refractivity contribution in [2.75, 3.05) is 82.4 Å². The third-order valence-electron chi connectivity index (χ3n) is 6.20. The summed E-state index contributed by atoms with van der Waals surface area (Å²) < 4.78 is 20.4. The maximum absolute atomic E-state index is 15.1. The van der Waals surface area contributed by atoms with E-state index in [1.54, 1.807) is 17.2 Å². The summed E-state index contributed by atoms with van der Waals surface area (Å²) in [5.41, 5.74) is 4.08. The molecule has 192 valence electrons. The number of hydroxylamine groups is 2.